The van der Waals surface area contributed by atoms with Crippen LogP contribution in [0.1, 0.15) is 43.5 Å². The van der Waals surface area contributed by atoms with Gasteiger partial charge >= 0.3 is 5.97 Å². The summed E-state index contributed by atoms with van der Waals surface area (Å²) in [6, 6.07) is 4.55. The molecule has 24 heavy (non-hydrogen) atoms. The quantitative estimate of drug-likeness (QED) is 0.652. The van der Waals surface area contributed by atoms with Gasteiger partial charge in [-0.25, -0.2) is 17.9 Å². The summed E-state index contributed by atoms with van der Waals surface area (Å²) in [4.78, 5) is 23.5. The van der Waals surface area contributed by atoms with Crippen molar-refractivity contribution in [2.24, 2.45) is 5.92 Å². The fourth-order valence-electron chi connectivity index (χ4n) is 2.23. The van der Waals surface area contributed by atoms with E-state index in [0.717, 1.165) is 12.8 Å². The molecular formula is C16H22N2O5S. The molecule has 1 aromatic carbocycles. The summed E-state index contributed by atoms with van der Waals surface area (Å²) in [5.41, 5.74) is 0.115. The van der Waals surface area contributed by atoms with Gasteiger partial charge in [-0.2, -0.15) is 0 Å². The molecule has 0 heterocycles. The third-order valence-electron chi connectivity index (χ3n) is 3.62. The molecule has 1 amide bonds. The molecule has 0 aliphatic heterocycles. The Morgan fingerprint density at radius 3 is 2.50 bits per heavy atom. The lowest BCUT2D eigenvalue weighted by Crippen LogP contribution is -2.41. The Balaban J connectivity index is 2.14. The van der Waals surface area contributed by atoms with E-state index in [2.05, 4.69) is 10.0 Å². The standard InChI is InChI=1S/C16H22N2O5S/c1-10(2)8-14(16(20)21)17-15(19)11-4-3-5-13(9-11)24(22,23)18-12-6-7-12/h3-5,9-10,12,14,18H,6-8H2,1-2H3,(H,17,19)(H,20,21). The SMILES string of the molecule is CC(C)CC(NC(=O)c1cccc(S(=O)(=O)NC2CC2)c1)C(=O)O. The number of carbonyl (C=O) groups excluding carboxylic acids is 1. The second-order valence-electron chi connectivity index (χ2n) is 6.42. The van der Waals surface area contributed by atoms with Gasteiger partial charge in [0.05, 0.1) is 4.90 Å². The summed E-state index contributed by atoms with van der Waals surface area (Å²) < 4.78 is 26.9. The molecule has 1 atom stereocenters. The van der Waals surface area contributed by atoms with Crippen molar-refractivity contribution in [1.82, 2.24) is 10.0 Å². The first-order valence-corrected chi connectivity index (χ1v) is 9.33. The van der Waals surface area contributed by atoms with Crippen molar-refractivity contribution >= 4 is 21.9 Å². The molecule has 1 aromatic rings. The minimum atomic E-state index is -3.66. The maximum absolute atomic E-state index is 12.3. The van der Waals surface area contributed by atoms with Gasteiger partial charge in [-0.15, -0.1) is 0 Å². The van der Waals surface area contributed by atoms with Crippen LogP contribution in [0.3, 0.4) is 0 Å². The number of aliphatic carboxylic acids is 1. The van der Waals surface area contributed by atoms with Crippen molar-refractivity contribution in [3.8, 4) is 0 Å². The molecule has 7 nitrogen and oxygen atoms in total. The van der Waals surface area contributed by atoms with Gasteiger partial charge in [0.1, 0.15) is 6.04 Å². The molecular weight excluding hydrogens is 332 g/mol. The summed E-state index contributed by atoms with van der Waals surface area (Å²) in [5, 5.41) is 11.6. The van der Waals surface area contributed by atoms with E-state index in [1.807, 2.05) is 13.8 Å². The Bertz CT molecular complexity index is 726. The van der Waals surface area contributed by atoms with Crippen LogP contribution in [0.4, 0.5) is 0 Å². The fourth-order valence-corrected chi connectivity index (χ4v) is 3.58. The van der Waals surface area contributed by atoms with Crippen molar-refractivity contribution in [2.45, 2.75) is 50.1 Å². The van der Waals surface area contributed by atoms with Crippen LogP contribution in [0.5, 0.6) is 0 Å². The molecule has 132 valence electrons. The molecule has 3 N–H and O–H groups in total. The van der Waals surface area contributed by atoms with Gasteiger partial charge in [0, 0.05) is 11.6 Å². The first kappa shape index (κ1) is 18.4. The van der Waals surface area contributed by atoms with Crippen LogP contribution in [0.25, 0.3) is 0 Å². The van der Waals surface area contributed by atoms with Crippen LogP contribution in [-0.4, -0.2) is 37.5 Å². The molecule has 8 heteroatoms. The minimum absolute atomic E-state index is 0.00205. The highest BCUT2D eigenvalue weighted by Crippen LogP contribution is 2.22. The highest BCUT2D eigenvalue weighted by molar-refractivity contribution is 7.89. The van der Waals surface area contributed by atoms with Gasteiger partial charge in [-0.1, -0.05) is 19.9 Å². The molecule has 0 aromatic heterocycles. The zero-order valence-corrected chi connectivity index (χ0v) is 14.5. The second-order valence-corrected chi connectivity index (χ2v) is 8.13. The van der Waals surface area contributed by atoms with Gasteiger partial charge in [-0.3, -0.25) is 4.79 Å². The van der Waals surface area contributed by atoms with Gasteiger partial charge in [0.25, 0.3) is 5.91 Å². The van der Waals surface area contributed by atoms with Crippen LogP contribution in [0.2, 0.25) is 0 Å². The number of carboxylic acids is 1. The predicted octanol–water partition coefficient (Wildman–Crippen LogP) is 1.36. The van der Waals surface area contributed by atoms with Gasteiger partial charge in [0.2, 0.25) is 10.0 Å². The highest BCUT2D eigenvalue weighted by Gasteiger charge is 2.28. The van der Waals surface area contributed by atoms with Crippen molar-refractivity contribution in [3.63, 3.8) is 0 Å². The number of hydrogen-bond donors (Lipinski definition) is 3. The van der Waals surface area contributed by atoms with Crippen LogP contribution < -0.4 is 10.0 Å². The zero-order chi connectivity index (χ0) is 17.9. The molecule has 1 aliphatic carbocycles. The van der Waals surface area contributed by atoms with Gasteiger partial charge < -0.3 is 10.4 Å². The molecule has 0 bridgehead atoms. The average molecular weight is 354 g/mol. The number of amides is 1. The van der Waals surface area contributed by atoms with Crippen LogP contribution >= 0.6 is 0 Å². The lowest BCUT2D eigenvalue weighted by atomic mass is 10.0. The lowest BCUT2D eigenvalue weighted by molar-refractivity contribution is -0.139. The Hall–Kier alpha value is -1.93. The third-order valence-corrected chi connectivity index (χ3v) is 5.13. The summed E-state index contributed by atoms with van der Waals surface area (Å²) in [6.45, 7) is 3.72. The number of carboxylic acid groups (broad SMARTS) is 1. The summed E-state index contributed by atoms with van der Waals surface area (Å²) in [6.07, 6.45) is 1.92. The number of rotatable bonds is 8. The Labute approximate surface area is 141 Å². The first-order chi connectivity index (χ1) is 11.2. The molecule has 1 fully saturated rings. The summed E-state index contributed by atoms with van der Waals surface area (Å²) in [7, 11) is -3.66. The minimum Gasteiger partial charge on any atom is -0.480 e. The molecule has 1 aliphatic rings. The number of nitrogens with one attached hydrogen (secondary N) is 2. The molecule has 0 spiro atoms. The van der Waals surface area contributed by atoms with E-state index in [9.17, 15) is 23.1 Å². The van der Waals surface area contributed by atoms with E-state index in [1.165, 1.54) is 24.3 Å². The van der Waals surface area contributed by atoms with E-state index in [1.54, 1.807) is 0 Å². The maximum Gasteiger partial charge on any atom is 0.326 e. The Morgan fingerprint density at radius 2 is 1.96 bits per heavy atom. The normalized spacial score (nSPS) is 16.0. The van der Waals surface area contributed by atoms with Crippen LogP contribution in [0, 0.1) is 5.92 Å². The first-order valence-electron chi connectivity index (χ1n) is 7.85. The Kier molecular flexibility index (Phi) is 5.61. The van der Waals surface area contributed by atoms with Crippen molar-refractivity contribution in [2.75, 3.05) is 0 Å². The predicted molar refractivity (Wildman–Crippen MR) is 88.1 cm³/mol. The number of benzene rings is 1. The van der Waals surface area contributed by atoms with E-state index in [0.29, 0.717) is 6.42 Å². The van der Waals surface area contributed by atoms with E-state index < -0.39 is 27.9 Å². The maximum atomic E-state index is 12.3. The van der Waals surface area contributed by atoms with Gasteiger partial charge in [0.15, 0.2) is 0 Å². The molecule has 1 saturated carbocycles. The van der Waals surface area contributed by atoms with Crippen LogP contribution in [0.15, 0.2) is 29.2 Å². The largest absolute Gasteiger partial charge is 0.480 e. The summed E-state index contributed by atoms with van der Waals surface area (Å²) >= 11 is 0. The number of carbonyl (C=O) groups is 2. The monoisotopic (exact) mass is 354 g/mol. The topological polar surface area (TPSA) is 113 Å². The zero-order valence-electron chi connectivity index (χ0n) is 13.7. The van der Waals surface area contributed by atoms with Crippen molar-refractivity contribution < 1.29 is 23.1 Å². The van der Waals surface area contributed by atoms with Crippen LogP contribution in [-0.2, 0) is 14.8 Å². The molecule has 0 saturated heterocycles. The summed E-state index contributed by atoms with van der Waals surface area (Å²) in [5.74, 6) is -1.62. The van der Waals surface area contributed by atoms with Gasteiger partial charge in [-0.05, 0) is 43.4 Å². The van der Waals surface area contributed by atoms with Crippen molar-refractivity contribution in [3.05, 3.63) is 29.8 Å². The Morgan fingerprint density at radius 1 is 1.29 bits per heavy atom. The molecule has 2 rings (SSSR count). The van der Waals surface area contributed by atoms with E-state index in [4.69, 9.17) is 0 Å². The van der Waals surface area contributed by atoms with E-state index >= 15 is 0 Å². The molecule has 1 unspecified atom stereocenters. The smallest absolute Gasteiger partial charge is 0.326 e. The second kappa shape index (κ2) is 7.31. The highest BCUT2D eigenvalue weighted by atomic mass is 32.2. The van der Waals surface area contributed by atoms with Crippen molar-refractivity contribution in [1.29, 1.82) is 0 Å². The third kappa shape index (κ3) is 5.04. The number of hydrogen-bond acceptors (Lipinski definition) is 4. The van der Waals surface area contributed by atoms with E-state index in [-0.39, 0.29) is 22.4 Å². The number of sulfonamides is 1. The lowest BCUT2D eigenvalue weighted by Gasteiger charge is -2.16. The average Bonchev–Trinajstić information content (AvgIpc) is 3.29. The fraction of sp³-hybridized carbons (Fsp3) is 0.500. The molecule has 0 radical (unpaired) electrons.